The molecule has 2 heterocycles. The van der Waals surface area contributed by atoms with Crippen molar-refractivity contribution in [3.63, 3.8) is 0 Å². The first kappa shape index (κ1) is 20.8. The van der Waals surface area contributed by atoms with Crippen molar-refractivity contribution in [2.45, 2.75) is 25.4 Å². The van der Waals surface area contributed by atoms with Gasteiger partial charge in [-0.25, -0.2) is 14.1 Å². The highest BCUT2D eigenvalue weighted by molar-refractivity contribution is 5.94. The van der Waals surface area contributed by atoms with Crippen LogP contribution in [0.25, 0.3) is 5.69 Å². The first-order valence-electron chi connectivity index (χ1n) is 9.75. The van der Waals surface area contributed by atoms with Gasteiger partial charge in [-0.3, -0.25) is 4.79 Å². The lowest BCUT2D eigenvalue weighted by Gasteiger charge is -2.09. The number of amides is 1. The van der Waals surface area contributed by atoms with E-state index in [1.165, 1.54) is 16.8 Å². The molecule has 6 nitrogen and oxygen atoms in total. The number of fused-ring (bicyclic) bond motifs is 1. The van der Waals surface area contributed by atoms with E-state index in [1.807, 2.05) is 0 Å². The maximum absolute atomic E-state index is 14.2. The lowest BCUT2D eigenvalue weighted by molar-refractivity contribution is -0.137. The summed E-state index contributed by atoms with van der Waals surface area (Å²) in [6.45, 7) is 0.475. The molecular formula is C21H19F4N5O. The van der Waals surface area contributed by atoms with Crippen molar-refractivity contribution >= 4 is 11.7 Å². The fourth-order valence-electron chi connectivity index (χ4n) is 3.56. The topological polar surface area (TPSA) is 71.8 Å². The molecule has 3 aromatic rings. The number of nitrogens with zero attached hydrogens (tertiary/aromatic N) is 3. The molecule has 0 saturated heterocycles. The summed E-state index contributed by atoms with van der Waals surface area (Å²) in [5.41, 5.74) is 1.39. The van der Waals surface area contributed by atoms with Gasteiger partial charge in [0.2, 0.25) is 0 Å². The number of benzene rings is 1. The normalized spacial score (nSPS) is 13.2. The molecule has 1 aliphatic rings. The van der Waals surface area contributed by atoms with Gasteiger partial charge in [0.15, 0.2) is 5.69 Å². The Morgan fingerprint density at radius 2 is 1.90 bits per heavy atom. The molecule has 0 spiro atoms. The van der Waals surface area contributed by atoms with Crippen LogP contribution in [0.3, 0.4) is 0 Å². The summed E-state index contributed by atoms with van der Waals surface area (Å²) in [5.74, 6) is -0.526. The zero-order valence-electron chi connectivity index (χ0n) is 16.3. The average molecular weight is 433 g/mol. The summed E-state index contributed by atoms with van der Waals surface area (Å²) in [6.07, 6.45) is -1.42. The SMILES string of the molecule is O=C(NCCNc1ccc(C(F)(F)F)cn1)c1nn(-c2ccccc2F)c2c1CCC2. The molecule has 10 heteroatoms. The van der Waals surface area contributed by atoms with Gasteiger partial charge in [0.25, 0.3) is 5.91 Å². The number of halogens is 4. The quantitative estimate of drug-likeness (QED) is 0.459. The third kappa shape index (κ3) is 4.37. The van der Waals surface area contributed by atoms with Gasteiger partial charge in [-0.05, 0) is 43.5 Å². The number of nitrogens with one attached hydrogen (secondary N) is 2. The van der Waals surface area contributed by atoms with E-state index in [0.29, 0.717) is 18.5 Å². The van der Waals surface area contributed by atoms with Crippen LogP contribution in [0.1, 0.15) is 33.7 Å². The smallest absolute Gasteiger partial charge is 0.368 e. The Bertz CT molecular complexity index is 1090. The van der Waals surface area contributed by atoms with Crippen LogP contribution in [0.5, 0.6) is 0 Å². The van der Waals surface area contributed by atoms with Crippen LogP contribution < -0.4 is 10.6 Å². The number of hydrogen-bond donors (Lipinski definition) is 2. The van der Waals surface area contributed by atoms with E-state index >= 15 is 0 Å². The van der Waals surface area contributed by atoms with E-state index in [1.54, 1.807) is 18.2 Å². The van der Waals surface area contributed by atoms with E-state index in [2.05, 4.69) is 20.7 Å². The van der Waals surface area contributed by atoms with Gasteiger partial charge in [-0.15, -0.1) is 0 Å². The molecule has 162 valence electrons. The standard InChI is InChI=1S/C21H19F4N5O/c22-15-5-1-2-6-17(15)30-16-7-3-4-14(16)19(29-30)20(31)27-11-10-26-18-9-8-13(12-28-18)21(23,24)25/h1-2,5-6,8-9,12H,3-4,7,10-11H2,(H,26,28)(H,27,31). The van der Waals surface area contributed by atoms with Crippen molar-refractivity contribution in [2.24, 2.45) is 0 Å². The summed E-state index contributed by atoms with van der Waals surface area (Å²) < 4.78 is 53.4. The minimum absolute atomic E-state index is 0.211. The lowest BCUT2D eigenvalue weighted by atomic mass is 10.2. The molecule has 0 aliphatic heterocycles. The maximum Gasteiger partial charge on any atom is 0.417 e. The van der Waals surface area contributed by atoms with Crippen molar-refractivity contribution in [3.05, 3.63) is 70.9 Å². The van der Waals surface area contributed by atoms with Crippen LogP contribution in [0, 0.1) is 5.82 Å². The number of pyridine rings is 1. The highest BCUT2D eigenvalue weighted by atomic mass is 19.4. The summed E-state index contributed by atoms with van der Waals surface area (Å²) in [6, 6.07) is 8.43. The van der Waals surface area contributed by atoms with Gasteiger partial charge in [0, 0.05) is 30.5 Å². The number of para-hydroxylation sites is 1. The minimum Gasteiger partial charge on any atom is -0.368 e. The number of anilines is 1. The summed E-state index contributed by atoms with van der Waals surface area (Å²) in [5, 5.41) is 9.95. The molecule has 0 radical (unpaired) electrons. The monoisotopic (exact) mass is 433 g/mol. The lowest BCUT2D eigenvalue weighted by Crippen LogP contribution is -2.30. The number of rotatable bonds is 6. The number of carbonyl (C=O) groups excluding carboxylic acids is 1. The highest BCUT2D eigenvalue weighted by Gasteiger charge is 2.30. The van der Waals surface area contributed by atoms with Gasteiger partial charge in [0.1, 0.15) is 17.3 Å². The van der Waals surface area contributed by atoms with Crippen molar-refractivity contribution in [3.8, 4) is 5.69 Å². The third-order valence-corrected chi connectivity index (χ3v) is 5.03. The Balaban J connectivity index is 1.39. The van der Waals surface area contributed by atoms with E-state index in [4.69, 9.17) is 0 Å². The molecule has 0 fully saturated rings. The van der Waals surface area contributed by atoms with E-state index < -0.39 is 17.6 Å². The number of hydrogen-bond acceptors (Lipinski definition) is 4. The van der Waals surface area contributed by atoms with Crippen molar-refractivity contribution in [1.82, 2.24) is 20.1 Å². The first-order valence-corrected chi connectivity index (χ1v) is 9.75. The Hall–Kier alpha value is -3.43. The van der Waals surface area contributed by atoms with E-state index in [-0.39, 0.29) is 30.5 Å². The maximum atomic E-state index is 14.2. The predicted molar refractivity (Wildman–Crippen MR) is 106 cm³/mol. The van der Waals surface area contributed by atoms with Crippen molar-refractivity contribution in [1.29, 1.82) is 0 Å². The van der Waals surface area contributed by atoms with Gasteiger partial charge in [-0.1, -0.05) is 12.1 Å². The van der Waals surface area contributed by atoms with Gasteiger partial charge in [0.05, 0.1) is 5.56 Å². The molecule has 1 aliphatic carbocycles. The second-order valence-corrected chi connectivity index (χ2v) is 7.10. The van der Waals surface area contributed by atoms with E-state index in [0.717, 1.165) is 29.9 Å². The Labute approximate surface area is 175 Å². The van der Waals surface area contributed by atoms with Gasteiger partial charge >= 0.3 is 6.18 Å². The molecule has 31 heavy (non-hydrogen) atoms. The molecule has 0 bridgehead atoms. The minimum atomic E-state index is -4.44. The van der Waals surface area contributed by atoms with Crippen LogP contribution in [0.15, 0.2) is 42.6 Å². The molecule has 2 aromatic heterocycles. The summed E-state index contributed by atoms with van der Waals surface area (Å²) in [7, 11) is 0. The fraction of sp³-hybridized carbons (Fsp3) is 0.286. The number of alkyl halides is 3. The van der Waals surface area contributed by atoms with Gasteiger partial charge in [-0.2, -0.15) is 18.3 Å². The molecule has 4 rings (SSSR count). The van der Waals surface area contributed by atoms with Crippen LogP contribution >= 0.6 is 0 Å². The van der Waals surface area contributed by atoms with Crippen LogP contribution in [-0.4, -0.2) is 33.8 Å². The van der Waals surface area contributed by atoms with Crippen molar-refractivity contribution in [2.75, 3.05) is 18.4 Å². The molecule has 0 unspecified atom stereocenters. The van der Waals surface area contributed by atoms with Crippen LogP contribution in [-0.2, 0) is 19.0 Å². The number of carbonyl (C=O) groups is 1. The zero-order chi connectivity index (χ0) is 22.0. The number of aromatic nitrogens is 3. The highest BCUT2D eigenvalue weighted by Crippen LogP contribution is 2.29. The Morgan fingerprint density at radius 1 is 1.10 bits per heavy atom. The molecule has 0 saturated carbocycles. The van der Waals surface area contributed by atoms with Crippen molar-refractivity contribution < 1.29 is 22.4 Å². The third-order valence-electron chi connectivity index (χ3n) is 5.03. The Morgan fingerprint density at radius 3 is 2.61 bits per heavy atom. The van der Waals surface area contributed by atoms with Crippen LogP contribution in [0.4, 0.5) is 23.4 Å². The molecule has 0 atom stereocenters. The Kier molecular flexibility index (Phi) is 5.62. The fourth-order valence-corrected chi connectivity index (χ4v) is 3.56. The summed E-state index contributed by atoms with van der Waals surface area (Å²) in [4.78, 5) is 16.4. The second-order valence-electron chi connectivity index (χ2n) is 7.10. The molecular weight excluding hydrogens is 414 g/mol. The molecule has 2 N–H and O–H groups in total. The van der Waals surface area contributed by atoms with Crippen LogP contribution in [0.2, 0.25) is 0 Å². The van der Waals surface area contributed by atoms with E-state index in [9.17, 15) is 22.4 Å². The zero-order valence-corrected chi connectivity index (χ0v) is 16.3. The molecule has 1 amide bonds. The predicted octanol–water partition coefficient (Wildman–Crippen LogP) is 3.76. The summed E-state index contributed by atoms with van der Waals surface area (Å²) >= 11 is 0. The van der Waals surface area contributed by atoms with Gasteiger partial charge < -0.3 is 10.6 Å². The molecule has 1 aromatic carbocycles. The second kappa shape index (κ2) is 8.37. The average Bonchev–Trinajstić information content (AvgIpc) is 3.34. The first-order chi connectivity index (χ1) is 14.8. The largest absolute Gasteiger partial charge is 0.417 e.